The summed E-state index contributed by atoms with van der Waals surface area (Å²) in [4.78, 5) is 0. The van der Waals surface area contributed by atoms with Gasteiger partial charge in [0.05, 0.1) is 12.1 Å². The van der Waals surface area contributed by atoms with Gasteiger partial charge in [-0.1, -0.05) is 11.3 Å². The first-order valence-electron chi connectivity index (χ1n) is 5.75. The lowest BCUT2D eigenvalue weighted by molar-refractivity contribution is 0.127. The maximum absolute atomic E-state index is 12.4. The predicted molar refractivity (Wildman–Crippen MR) is 65.2 cm³/mol. The highest BCUT2D eigenvalue weighted by molar-refractivity contribution is 7.15. The van der Waals surface area contributed by atoms with Gasteiger partial charge in [0.1, 0.15) is 0 Å². The van der Waals surface area contributed by atoms with Crippen LogP contribution < -0.4 is 10.6 Å². The average Bonchev–Trinajstić information content (AvgIpc) is 2.96. The molecule has 2 N–H and O–H groups in total. The van der Waals surface area contributed by atoms with Gasteiger partial charge in [0, 0.05) is 13.7 Å². The van der Waals surface area contributed by atoms with E-state index < -0.39 is 6.43 Å². The fourth-order valence-corrected chi connectivity index (χ4v) is 2.70. The summed E-state index contributed by atoms with van der Waals surface area (Å²) in [6, 6.07) is 0. The number of anilines is 1. The lowest BCUT2D eigenvalue weighted by atomic mass is 9.99. The molecule has 1 aliphatic heterocycles. The molecule has 2 heterocycles. The normalized spacial score (nSPS) is 23.8. The van der Waals surface area contributed by atoms with Gasteiger partial charge in [-0.2, -0.15) is 0 Å². The predicted octanol–water partition coefficient (Wildman–Crippen LogP) is 1.66. The van der Waals surface area contributed by atoms with Gasteiger partial charge in [0.15, 0.2) is 5.01 Å². The van der Waals surface area contributed by atoms with Crippen molar-refractivity contribution in [3.05, 3.63) is 5.01 Å². The highest BCUT2D eigenvalue weighted by Gasteiger charge is 2.33. The minimum atomic E-state index is -2.56. The molecule has 0 aliphatic carbocycles. The molecule has 0 spiro atoms. The van der Waals surface area contributed by atoms with Crippen LogP contribution >= 0.6 is 11.3 Å². The third-order valence-corrected chi connectivity index (χ3v) is 3.85. The van der Waals surface area contributed by atoms with E-state index in [0.29, 0.717) is 18.3 Å². The number of alkyl halides is 2. The molecule has 1 aromatic rings. The molecule has 0 aromatic carbocycles. The number of methoxy groups -OCH3 is 1. The molecule has 0 saturated carbocycles. The van der Waals surface area contributed by atoms with Gasteiger partial charge in [0.25, 0.3) is 6.43 Å². The zero-order valence-electron chi connectivity index (χ0n) is 10.1. The molecule has 18 heavy (non-hydrogen) atoms. The molecule has 0 amide bonds. The van der Waals surface area contributed by atoms with Crippen molar-refractivity contribution in [2.45, 2.75) is 24.8 Å². The van der Waals surface area contributed by atoms with Crippen molar-refractivity contribution < 1.29 is 13.5 Å². The summed E-state index contributed by atoms with van der Waals surface area (Å²) in [5, 5.41) is 13.8. The minimum Gasteiger partial charge on any atom is -0.383 e. The van der Waals surface area contributed by atoms with Crippen LogP contribution in [-0.2, 0) is 4.74 Å². The fourth-order valence-electron chi connectivity index (χ4n) is 2.11. The van der Waals surface area contributed by atoms with Gasteiger partial charge in [0.2, 0.25) is 5.13 Å². The number of nitrogens with zero attached hydrogens (tertiary/aromatic N) is 2. The number of rotatable bonds is 6. The standard InChI is InChI=1S/C10H16F2N4OS/c1-17-6-10(3-2-4-14-10)5-13-9-16-15-8(18-9)7(11)12/h7,14H,2-6H2,1H3,(H,13,16). The van der Waals surface area contributed by atoms with Crippen LogP contribution in [0.3, 0.4) is 0 Å². The Labute approximate surface area is 108 Å². The molecule has 0 radical (unpaired) electrons. The molecule has 1 saturated heterocycles. The summed E-state index contributed by atoms with van der Waals surface area (Å²) in [6.45, 7) is 2.13. The molecule has 1 unspecified atom stereocenters. The SMILES string of the molecule is COCC1(CNc2nnc(C(F)F)s2)CCCN1. The molecule has 1 aromatic heterocycles. The van der Waals surface area contributed by atoms with Crippen LogP contribution in [0.4, 0.5) is 13.9 Å². The lowest BCUT2D eigenvalue weighted by Crippen LogP contribution is -2.49. The summed E-state index contributed by atoms with van der Waals surface area (Å²) in [5.74, 6) is 0. The number of hydrogen-bond acceptors (Lipinski definition) is 6. The summed E-state index contributed by atoms with van der Waals surface area (Å²) in [6.07, 6.45) is -0.478. The maximum atomic E-state index is 12.4. The van der Waals surface area contributed by atoms with Gasteiger partial charge >= 0.3 is 0 Å². The molecule has 102 valence electrons. The number of ether oxygens (including phenoxy) is 1. The van der Waals surface area contributed by atoms with Crippen LogP contribution in [0.2, 0.25) is 0 Å². The Morgan fingerprint density at radius 3 is 2.94 bits per heavy atom. The van der Waals surface area contributed by atoms with Gasteiger partial charge < -0.3 is 15.4 Å². The second-order valence-electron chi connectivity index (χ2n) is 4.34. The molecule has 5 nitrogen and oxygen atoms in total. The highest BCUT2D eigenvalue weighted by Crippen LogP contribution is 2.26. The molecule has 1 aliphatic rings. The molecule has 1 atom stereocenters. The monoisotopic (exact) mass is 278 g/mol. The number of nitrogens with one attached hydrogen (secondary N) is 2. The van der Waals surface area contributed by atoms with Gasteiger partial charge in [-0.05, 0) is 19.4 Å². The fraction of sp³-hybridized carbons (Fsp3) is 0.800. The second kappa shape index (κ2) is 5.85. The molecule has 0 bridgehead atoms. The minimum absolute atomic E-state index is 0.134. The van der Waals surface area contributed by atoms with Crippen molar-refractivity contribution in [2.24, 2.45) is 0 Å². The second-order valence-corrected chi connectivity index (χ2v) is 5.35. The first-order valence-corrected chi connectivity index (χ1v) is 6.56. The van der Waals surface area contributed by atoms with Crippen molar-refractivity contribution >= 4 is 16.5 Å². The lowest BCUT2D eigenvalue weighted by Gasteiger charge is -2.28. The van der Waals surface area contributed by atoms with Crippen LogP contribution in [0.1, 0.15) is 24.3 Å². The zero-order valence-corrected chi connectivity index (χ0v) is 10.9. The van der Waals surface area contributed by atoms with E-state index in [1.165, 1.54) is 0 Å². The summed E-state index contributed by atoms with van der Waals surface area (Å²) in [5.41, 5.74) is -0.134. The van der Waals surface area contributed by atoms with Crippen molar-refractivity contribution in [3.8, 4) is 0 Å². The zero-order chi connectivity index (χ0) is 13.0. The van der Waals surface area contributed by atoms with Crippen molar-refractivity contribution in [2.75, 3.05) is 32.1 Å². The van der Waals surface area contributed by atoms with Crippen LogP contribution in [0, 0.1) is 0 Å². The van der Waals surface area contributed by atoms with E-state index in [0.717, 1.165) is 30.7 Å². The average molecular weight is 278 g/mol. The van der Waals surface area contributed by atoms with E-state index in [-0.39, 0.29) is 10.5 Å². The Morgan fingerprint density at radius 1 is 1.56 bits per heavy atom. The van der Waals surface area contributed by atoms with Crippen molar-refractivity contribution in [1.82, 2.24) is 15.5 Å². The topological polar surface area (TPSA) is 59.1 Å². The number of hydrogen-bond donors (Lipinski definition) is 2. The molecule has 2 rings (SSSR count). The summed E-state index contributed by atoms with van der Waals surface area (Å²) < 4.78 is 29.9. The Morgan fingerprint density at radius 2 is 2.39 bits per heavy atom. The van der Waals surface area contributed by atoms with E-state index in [1.54, 1.807) is 7.11 Å². The van der Waals surface area contributed by atoms with Crippen LogP contribution in [0.5, 0.6) is 0 Å². The quantitative estimate of drug-likeness (QED) is 0.828. The van der Waals surface area contributed by atoms with E-state index in [1.807, 2.05) is 0 Å². The van der Waals surface area contributed by atoms with Gasteiger partial charge in [-0.25, -0.2) is 8.78 Å². The molecular weight excluding hydrogens is 262 g/mol. The largest absolute Gasteiger partial charge is 0.383 e. The Balaban J connectivity index is 1.92. The van der Waals surface area contributed by atoms with E-state index in [4.69, 9.17) is 4.74 Å². The third kappa shape index (κ3) is 3.12. The Kier molecular flexibility index (Phi) is 4.41. The van der Waals surface area contributed by atoms with E-state index >= 15 is 0 Å². The highest BCUT2D eigenvalue weighted by atomic mass is 32.1. The number of aromatic nitrogens is 2. The Bertz CT molecular complexity index is 382. The maximum Gasteiger partial charge on any atom is 0.291 e. The van der Waals surface area contributed by atoms with E-state index in [2.05, 4.69) is 20.8 Å². The van der Waals surface area contributed by atoms with Gasteiger partial charge in [-0.15, -0.1) is 10.2 Å². The molecule has 8 heteroatoms. The first-order chi connectivity index (χ1) is 8.65. The first kappa shape index (κ1) is 13.6. The van der Waals surface area contributed by atoms with Crippen LogP contribution in [0.25, 0.3) is 0 Å². The van der Waals surface area contributed by atoms with Crippen LogP contribution in [0.15, 0.2) is 0 Å². The molecule has 1 fully saturated rings. The Hall–Kier alpha value is -0.860. The smallest absolute Gasteiger partial charge is 0.291 e. The summed E-state index contributed by atoms with van der Waals surface area (Å²) >= 11 is 0.889. The number of halogens is 2. The van der Waals surface area contributed by atoms with Crippen molar-refractivity contribution in [3.63, 3.8) is 0 Å². The van der Waals surface area contributed by atoms with Crippen molar-refractivity contribution in [1.29, 1.82) is 0 Å². The van der Waals surface area contributed by atoms with Crippen LogP contribution in [-0.4, -0.2) is 42.5 Å². The molecular formula is C10H16F2N4OS. The third-order valence-electron chi connectivity index (χ3n) is 2.96. The van der Waals surface area contributed by atoms with E-state index in [9.17, 15) is 8.78 Å². The summed E-state index contributed by atoms with van der Waals surface area (Å²) in [7, 11) is 1.65. The van der Waals surface area contributed by atoms with Gasteiger partial charge in [-0.3, -0.25) is 0 Å².